The van der Waals surface area contributed by atoms with E-state index in [9.17, 15) is 4.79 Å². The molecule has 1 amide bonds. The number of amides is 1. The lowest BCUT2D eigenvalue weighted by Crippen LogP contribution is -2.14. The van der Waals surface area contributed by atoms with E-state index < -0.39 is 0 Å². The Morgan fingerprint density at radius 2 is 1.85 bits per heavy atom. The molecule has 1 aromatic heterocycles. The van der Waals surface area contributed by atoms with Crippen molar-refractivity contribution >= 4 is 35.0 Å². The van der Waals surface area contributed by atoms with Crippen LogP contribution >= 0.6 is 23.4 Å². The maximum absolute atomic E-state index is 12.1. The van der Waals surface area contributed by atoms with Crippen molar-refractivity contribution in [1.82, 2.24) is 10.2 Å². The molecule has 3 rings (SSSR count). The number of hydrogen-bond donors (Lipinski definition) is 1. The van der Waals surface area contributed by atoms with Crippen LogP contribution in [0.2, 0.25) is 5.02 Å². The maximum atomic E-state index is 12.1. The molecule has 0 bridgehead atoms. The number of nitrogens with zero attached hydrogens (tertiary/aromatic N) is 2. The largest absolute Gasteiger partial charge is 0.494 e. The molecular weight excluding hydrogens is 382 g/mol. The normalized spacial score (nSPS) is 10.4. The van der Waals surface area contributed by atoms with E-state index in [1.54, 1.807) is 12.1 Å². The number of carbonyl (C=O) groups excluding carboxylic acids is 1. The van der Waals surface area contributed by atoms with Crippen molar-refractivity contribution < 1.29 is 9.53 Å². The third kappa shape index (κ3) is 5.45. The molecule has 0 radical (unpaired) electrons. The van der Waals surface area contributed by atoms with Crippen molar-refractivity contribution in [2.75, 3.05) is 17.7 Å². The van der Waals surface area contributed by atoms with Gasteiger partial charge in [0.1, 0.15) is 10.8 Å². The molecule has 0 saturated heterocycles. The predicted molar refractivity (Wildman–Crippen MR) is 109 cm³/mol. The number of carbonyl (C=O) groups is 1. The molecule has 0 unspecified atom stereocenters. The number of benzene rings is 2. The van der Waals surface area contributed by atoms with E-state index >= 15 is 0 Å². The molecule has 1 N–H and O–H groups in total. The highest BCUT2D eigenvalue weighted by atomic mass is 35.5. The summed E-state index contributed by atoms with van der Waals surface area (Å²) in [4.78, 5) is 12.1. The first kappa shape index (κ1) is 19.2. The highest BCUT2D eigenvalue weighted by Gasteiger charge is 2.08. The Kier molecular flexibility index (Phi) is 6.68. The molecule has 5 nitrogen and oxygen atoms in total. The molecule has 0 spiro atoms. The van der Waals surface area contributed by atoms with Gasteiger partial charge in [0.15, 0.2) is 0 Å². The fraction of sp³-hybridized carbons (Fsp3) is 0.150. The zero-order valence-corrected chi connectivity index (χ0v) is 16.3. The smallest absolute Gasteiger partial charge is 0.234 e. The Balaban J connectivity index is 1.56. The Labute approximate surface area is 167 Å². The topological polar surface area (TPSA) is 64.1 Å². The molecule has 0 aliphatic rings. The van der Waals surface area contributed by atoms with Crippen molar-refractivity contribution in [3.05, 3.63) is 65.7 Å². The summed E-state index contributed by atoms with van der Waals surface area (Å²) in [5.41, 5.74) is 2.32. The number of halogens is 1. The van der Waals surface area contributed by atoms with Crippen LogP contribution in [0.5, 0.6) is 5.75 Å². The molecule has 0 atom stereocenters. The van der Waals surface area contributed by atoms with Crippen molar-refractivity contribution in [1.29, 1.82) is 0 Å². The van der Waals surface area contributed by atoms with E-state index in [-0.39, 0.29) is 11.7 Å². The molecule has 3 aromatic rings. The summed E-state index contributed by atoms with van der Waals surface area (Å²) >= 11 is 7.35. The first-order valence-corrected chi connectivity index (χ1v) is 9.76. The molecule has 0 aliphatic heterocycles. The number of hydrogen-bond acceptors (Lipinski definition) is 5. The van der Waals surface area contributed by atoms with Gasteiger partial charge in [0, 0.05) is 5.56 Å². The first-order valence-electron chi connectivity index (χ1n) is 8.40. The van der Waals surface area contributed by atoms with Crippen molar-refractivity contribution in [3.8, 4) is 17.0 Å². The minimum atomic E-state index is -0.148. The molecule has 2 aromatic carbocycles. The van der Waals surface area contributed by atoms with Crippen LogP contribution in [-0.2, 0) is 4.79 Å². The van der Waals surface area contributed by atoms with Crippen molar-refractivity contribution in [3.63, 3.8) is 0 Å². The highest BCUT2D eigenvalue weighted by molar-refractivity contribution is 7.99. The van der Waals surface area contributed by atoms with E-state index in [4.69, 9.17) is 16.3 Å². The lowest BCUT2D eigenvalue weighted by Gasteiger charge is -2.07. The summed E-state index contributed by atoms with van der Waals surface area (Å²) < 4.78 is 5.43. The second-order valence-corrected chi connectivity index (χ2v) is 6.93. The highest BCUT2D eigenvalue weighted by Crippen LogP contribution is 2.23. The number of aromatic nitrogens is 2. The molecule has 0 fully saturated rings. The zero-order chi connectivity index (χ0) is 19.1. The monoisotopic (exact) mass is 399 g/mol. The van der Waals surface area contributed by atoms with Crippen molar-refractivity contribution in [2.24, 2.45) is 0 Å². The van der Waals surface area contributed by atoms with Gasteiger partial charge in [0.2, 0.25) is 5.91 Å². The minimum absolute atomic E-state index is 0.148. The second-order valence-electron chi connectivity index (χ2n) is 5.53. The van der Waals surface area contributed by atoms with Gasteiger partial charge in [-0.2, -0.15) is 0 Å². The Hall–Kier alpha value is -2.57. The molecule has 7 heteroatoms. The van der Waals surface area contributed by atoms with Gasteiger partial charge in [-0.25, -0.2) is 0 Å². The summed E-state index contributed by atoms with van der Waals surface area (Å²) in [6.45, 7) is 2.58. The second kappa shape index (κ2) is 9.39. The van der Waals surface area contributed by atoms with Gasteiger partial charge in [0.25, 0.3) is 0 Å². The van der Waals surface area contributed by atoms with Gasteiger partial charge in [-0.15, -0.1) is 10.2 Å². The number of ether oxygens (including phenoxy) is 1. The van der Waals surface area contributed by atoms with Crippen molar-refractivity contribution in [2.45, 2.75) is 11.9 Å². The average Bonchev–Trinajstić information content (AvgIpc) is 2.69. The lowest BCUT2D eigenvalue weighted by molar-refractivity contribution is -0.113. The average molecular weight is 400 g/mol. The van der Waals surface area contributed by atoms with Crippen LogP contribution in [0.3, 0.4) is 0 Å². The number of anilines is 1. The molecule has 0 saturated carbocycles. The summed E-state index contributed by atoms with van der Waals surface area (Å²) in [5, 5.41) is 12.4. The van der Waals surface area contributed by atoms with Crippen LogP contribution in [0, 0.1) is 0 Å². The third-order valence-corrected chi connectivity index (χ3v) is 4.85. The van der Waals surface area contributed by atoms with Crippen LogP contribution in [0.4, 0.5) is 5.69 Å². The van der Waals surface area contributed by atoms with Crippen LogP contribution in [0.1, 0.15) is 6.92 Å². The Bertz CT molecular complexity index is 902. The first-order chi connectivity index (χ1) is 13.2. The third-order valence-electron chi connectivity index (χ3n) is 3.60. The Morgan fingerprint density at radius 3 is 2.52 bits per heavy atom. The minimum Gasteiger partial charge on any atom is -0.494 e. The SMILES string of the molecule is CCOc1ccc(-c2ccc(SCC(=O)Nc3ccccc3Cl)nn2)cc1. The molecule has 0 aliphatic carbocycles. The van der Waals surface area contributed by atoms with E-state index in [0.717, 1.165) is 17.0 Å². The van der Waals surface area contributed by atoms with Gasteiger partial charge in [-0.1, -0.05) is 35.5 Å². The van der Waals surface area contributed by atoms with E-state index in [0.29, 0.717) is 22.3 Å². The molecule has 1 heterocycles. The van der Waals surface area contributed by atoms with E-state index in [1.807, 2.05) is 55.5 Å². The maximum Gasteiger partial charge on any atom is 0.234 e. The molecule has 138 valence electrons. The van der Waals surface area contributed by atoms with E-state index in [2.05, 4.69) is 15.5 Å². The van der Waals surface area contributed by atoms with Crippen LogP contribution in [0.15, 0.2) is 65.7 Å². The number of thioether (sulfide) groups is 1. The lowest BCUT2D eigenvalue weighted by atomic mass is 10.1. The zero-order valence-electron chi connectivity index (χ0n) is 14.7. The Morgan fingerprint density at radius 1 is 1.07 bits per heavy atom. The summed E-state index contributed by atoms with van der Waals surface area (Å²) in [6.07, 6.45) is 0. The standard InChI is InChI=1S/C20H18ClN3O2S/c1-2-26-15-9-7-14(8-10-15)17-11-12-20(24-23-17)27-13-19(25)22-18-6-4-3-5-16(18)21/h3-12H,2,13H2,1H3,(H,22,25). The van der Waals surface area contributed by atoms with Gasteiger partial charge < -0.3 is 10.1 Å². The van der Waals surface area contributed by atoms with Gasteiger partial charge >= 0.3 is 0 Å². The van der Waals surface area contributed by atoms with Crippen LogP contribution < -0.4 is 10.1 Å². The molecule has 27 heavy (non-hydrogen) atoms. The molecular formula is C20H18ClN3O2S. The number of para-hydroxylation sites is 1. The summed E-state index contributed by atoms with van der Waals surface area (Å²) in [6, 6.07) is 18.6. The number of rotatable bonds is 7. The van der Waals surface area contributed by atoms with Gasteiger partial charge in [-0.05, 0) is 55.5 Å². The number of nitrogens with one attached hydrogen (secondary N) is 1. The van der Waals surface area contributed by atoms with Gasteiger partial charge in [-0.3, -0.25) is 4.79 Å². The van der Waals surface area contributed by atoms with Crippen LogP contribution in [0.25, 0.3) is 11.3 Å². The quantitative estimate of drug-likeness (QED) is 0.571. The summed E-state index contributed by atoms with van der Waals surface area (Å²) in [7, 11) is 0. The fourth-order valence-corrected chi connectivity index (χ4v) is 3.12. The van der Waals surface area contributed by atoms with Gasteiger partial charge in [0.05, 0.1) is 28.8 Å². The van der Waals surface area contributed by atoms with E-state index in [1.165, 1.54) is 11.8 Å². The predicted octanol–water partition coefficient (Wildman–Crippen LogP) is 4.93. The fourth-order valence-electron chi connectivity index (χ4n) is 2.33. The summed E-state index contributed by atoms with van der Waals surface area (Å²) in [5.74, 6) is 0.902. The van der Waals surface area contributed by atoms with Crippen LogP contribution in [-0.4, -0.2) is 28.5 Å².